The van der Waals surface area contributed by atoms with E-state index in [0.717, 1.165) is 18.4 Å². The van der Waals surface area contributed by atoms with Crippen LogP contribution in [0.25, 0.3) is 0 Å². The van der Waals surface area contributed by atoms with Gasteiger partial charge < -0.3 is 5.11 Å². The summed E-state index contributed by atoms with van der Waals surface area (Å²) in [5.74, 6) is 1.35. The Hall–Kier alpha value is -1.12. The highest BCUT2D eigenvalue weighted by Crippen LogP contribution is 2.16. The first-order valence-electron chi connectivity index (χ1n) is 4.67. The summed E-state index contributed by atoms with van der Waals surface area (Å²) in [7, 11) is 0. The van der Waals surface area contributed by atoms with Crippen LogP contribution in [0.5, 0.6) is 5.88 Å². The lowest BCUT2D eigenvalue weighted by Crippen LogP contribution is -2.00. The number of hydrogen-bond donors (Lipinski definition) is 1. The molecule has 0 spiro atoms. The third kappa shape index (κ3) is 2.68. The Morgan fingerprint density at radius 2 is 2.15 bits per heavy atom. The van der Waals surface area contributed by atoms with E-state index in [-0.39, 0.29) is 5.88 Å². The maximum Gasteiger partial charge on any atom is 0.217 e. The fourth-order valence-electron chi connectivity index (χ4n) is 1.19. The molecule has 0 aromatic carbocycles. The molecular formula is C10H16N2O. The molecule has 0 radical (unpaired) electrons. The molecule has 0 aliphatic carbocycles. The molecule has 0 atom stereocenters. The Morgan fingerprint density at radius 3 is 2.62 bits per heavy atom. The molecule has 1 aromatic rings. The average Bonchev–Trinajstić information content (AvgIpc) is 2.08. The molecule has 1 heterocycles. The highest BCUT2D eigenvalue weighted by atomic mass is 16.3. The molecule has 3 heteroatoms. The smallest absolute Gasteiger partial charge is 0.217 e. The van der Waals surface area contributed by atoms with Crippen LogP contribution in [0, 0.1) is 5.92 Å². The molecular weight excluding hydrogens is 164 g/mol. The predicted molar refractivity (Wildman–Crippen MR) is 51.6 cm³/mol. The highest BCUT2D eigenvalue weighted by molar-refractivity contribution is 5.22. The SMILES string of the molecule is CCc1ncc(CC(C)C)c(O)n1. The summed E-state index contributed by atoms with van der Waals surface area (Å²) in [4.78, 5) is 8.13. The van der Waals surface area contributed by atoms with E-state index in [1.807, 2.05) is 6.92 Å². The van der Waals surface area contributed by atoms with Crippen LogP contribution < -0.4 is 0 Å². The second kappa shape index (κ2) is 4.21. The minimum absolute atomic E-state index is 0.139. The molecule has 0 aliphatic rings. The Kier molecular flexibility index (Phi) is 3.23. The maximum absolute atomic E-state index is 9.52. The fourth-order valence-corrected chi connectivity index (χ4v) is 1.19. The van der Waals surface area contributed by atoms with E-state index >= 15 is 0 Å². The Bertz CT molecular complexity index is 284. The standard InChI is InChI=1S/C10H16N2O/c1-4-9-11-6-8(5-7(2)3)10(13)12-9/h6-7H,4-5H2,1-3H3,(H,11,12,13). The van der Waals surface area contributed by atoms with Gasteiger partial charge in [-0.15, -0.1) is 0 Å². The highest BCUT2D eigenvalue weighted by Gasteiger charge is 2.06. The maximum atomic E-state index is 9.52. The van der Waals surface area contributed by atoms with Gasteiger partial charge in [-0.3, -0.25) is 0 Å². The predicted octanol–water partition coefficient (Wildman–Crippen LogP) is 1.94. The Labute approximate surface area is 78.9 Å². The van der Waals surface area contributed by atoms with E-state index in [9.17, 15) is 5.11 Å². The molecule has 1 aromatic heterocycles. The molecule has 13 heavy (non-hydrogen) atoms. The zero-order valence-corrected chi connectivity index (χ0v) is 8.41. The molecule has 72 valence electrons. The van der Waals surface area contributed by atoms with E-state index in [0.29, 0.717) is 11.7 Å². The van der Waals surface area contributed by atoms with Crippen molar-refractivity contribution in [1.29, 1.82) is 0 Å². The van der Waals surface area contributed by atoms with Crippen LogP contribution in [0.2, 0.25) is 0 Å². The van der Waals surface area contributed by atoms with Crippen LogP contribution in [-0.2, 0) is 12.8 Å². The molecule has 0 aliphatic heterocycles. The lowest BCUT2D eigenvalue weighted by Gasteiger charge is -2.06. The second-order valence-electron chi connectivity index (χ2n) is 3.59. The van der Waals surface area contributed by atoms with Crippen molar-refractivity contribution >= 4 is 0 Å². The molecule has 0 saturated carbocycles. The van der Waals surface area contributed by atoms with Gasteiger partial charge in [-0.05, 0) is 12.3 Å². The van der Waals surface area contributed by atoms with E-state index < -0.39 is 0 Å². The number of aromatic hydroxyl groups is 1. The molecule has 1 rings (SSSR count). The Balaban J connectivity index is 2.85. The molecule has 1 N–H and O–H groups in total. The van der Waals surface area contributed by atoms with Gasteiger partial charge in [-0.1, -0.05) is 20.8 Å². The normalized spacial score (nSPS) is 10.8. The average molecular weight is 180 g/mol. The molecule has 3 nitrogen and oxygen atoms in total. The van der Waals surface area contributed by atoms with Crippen LogP contribution in [0.4, 0.5) is 0 Å². The Morgan fingerprint density at radius 1 is 1.46 bits per heavy atom. The van der Waals surface area contributed by atoms with Crippen molar-refractivity contribution in [3.05, 3.63) is 17.6 Å². The van der Waals surface area contributed by atoms with Gasteiger partial charge in [0.05, 0.1) is 0 Å². The topological polar surface area (TPSA) is 46.0 Å². The third-order valence-corrected chi connectivity index (χ3v) is 1.84. The van der Waals surface area contributed by atoms with Gasteiger partial charge in [0.15, 0.2) is 0 Å². The van der Waals surface area contributed by atoms with E-state index in [1.54, 1.807) is 6.20 Å². The summed E-state index contributed by atoms with van der Waals surface area (Å²) >= 11 is 0. The summed E-state index contributed by atoms with van der Waals surface area (Å²) < 4.78 is 0. The van der Waals surface area contributed by atoms with Gasteiger partial charge in [0.1, 0.15) is 5.82 Å². The van der Waals surface area contributed by atoms with Crippen molar-refractivity contribution in [3.63, 3.8) is 0 Å². The van der Waals surface area contributed by atoms with Crippen molar-refractivity contribution in [3.8, 4) is 5.88 Å². The van der Waals surface area contributed by atoms with Gasteiger partial charge in [0.2, 0.25) is 5.88 Å². The molecule has 0 unspecified atom stereocenters. The van der Waals surface area contributed by atoms with Crippen molar-refractivity contribution in [2.75, 3.05) is 0 Å². The monoisotopic (exact) mass is 180 g/mol. The minimum atomic E-state index is 0.139. The van der Waals surface area contributed by atoms with Gasteiger partial charge in [-0.25, -0.2) is 4.98 Å². The van der Waals surface area contributed by atoms with Crippen LogP contribution >= 0.6 is 0 Å². The van der Waals surface area contributed by atoms with E-state index in [4.69, 9.17) is 0 Å². The van der Waals surface area contributed by atoms with Crippen molar-refractivity contribution in [2.45, 2.75) is 33.6 Å². The van der Waals surface area contributed by atoms with Gasteiger partial charge >= 0.3 is 0 Å². The number of hydrogen-bond acceptors (Lipinski definition) is 3. The van der Waals surface area contributed by atoms with Gasteiger partial charge in [-0.2, -0.15) is 4.98 Å². The van der Waals surface area contributed by atoms with Gasteiger partial charge in [0, 0.05) is 18.2 Å². The van der Waals surface area contributed by atoms with Crippen molar-refractivity contribution < 1.29 is 5.11 Å². The number of aromatic nitrogens is 2. The third-order valence-electron chi connectivity index (χ3n) is 1.84. The summed E-state index contributed by atoms with van der Waals surface area (Å²) in [5, 5.41) is 9.52. The summed E-state index contributed by atoms with van der Waals surface area (Å²) in [6, 6.07) is 0. The van der Waals surface area contributed by atoms with Crippen LogP contribution in [-0.4, -0.2) is 15.1 Å². The zero-order chi connectivity index (χ0) is 9.84. The van der Waals surface area contributed by atoms with Crippen molar-refractivity contribution in [2.24, 2.45) is 5.92 Å². The summed E-state index contributed by atoms with van der Waals surface area (Å²) in [6.45, 7) is 6.18. The van der Waals surface area contributed by atoms with Gasteiger partial charge in [0.25, 0.3) is 0 Å². The lowest BCUT2D eigenvalue weighted by atomic mass is 10.1. The first-order valence-corrected chi connectivity index (χ1v) is 4.67. The van der Waals surface area contributed by atoms with Crippen LogP contribution in [0.1, 0.15) is 32.2 Å². The number of rotatable bonds is 3. The number of aryl methyl sites for hydroxylation is 1. The molecule has 0 fully saturated rings. The number of nitrogens with zero attached hydrogens (tertiary/aromatic N) is 2. The fraction of sp³-hybridized carbons (Fsp3) is 0.600. The van der Waals surface area contributed by atoms with E-state index in [2.05, 4.69) is 23.8 Å². The lowest BCUT2D eigenvalue weighted by molar-refractivity contribution is 0.436. The summed E-state index contributed by atoms with van der Waals surface area (Å²) in [6.07, 6.45) is 3.31. The van der Waals surface area contributed by atoms with Crippen LogP contribution in [0.3, 0.4) is 0 Å². The van der Waals surface area contributed by atoms with Crippen molar-refractivity contribution in [1.82, 2.24) is 9.97 Å². The second-order valence-corrected chi connectivity index (χ2v) is 3.59. The van der Waals surface area contributed by atoms with Crippen LogP contribution in [0.15, 0.2) is 6.20 Å². The molecule has 0 bridgehead atoms. The minimum Gasteiger partial charge on any atom is -0.493 e. The quantitative estimate of drug-likeness (QED) is 0.773. The molecule has 0 amide bonds. The molecule has 0 saturated heterocycles. The van der Waals surface area contributed by atoms with E-state index in [1.165, 1.54) is 0 Å². The summed E-state index contributed by atoms with van der Waals surface area (Å²) in [5.41, 5.74) is 0.840. The first kappa shape index (κ1) is 9.96. The zero-order valence-electron chi connectivity index (χ0n) is 8.41. The largest absolute Gasteiger partial charge is 0.493 e. The first-order chi connectivity index (χ1) is 6.13.